The van der Waals surface area contributed by atoms with Crippen molar-refractivity contribution in [3.8, 4) is 17.6 Å². The number of hydrogen-bond donors (Lipinski definition) is 1. The van der Waals surface area contributed by atoms with Gasteiger partial charge in [0.25, 0.3) is 0 Å². The van der Waals surface area contributed by atoms with E-state index in [1.54, 1.807) is 13.3 Å². The van der Waals surface area contributed by atoms with Crippen molar-refractivity contribution in [2.45, 2.75) is 13.3 Å². The summed E-state index contributed by atoms with van der Waals surface area (Å²) in [6.07, 6.45) is 2.61. The zero-order valence-corrected chi connectivity index (χ0v) is 10.7. The van der Waals surface area contributed by atoms with Crippen molar-refractivity contribution < 1.29 is 4.74 Å². The van der Waals surface area contributed by atoms with Crippen molar-refractivity contribution in [1.82, 2.24) is 4.98 Å². The molecule has 1 aromatic heterocycles. The molecule has 0 spiro atoms. The van der Waals surface area contributed by atoms with Crippen LogP contribution in [0.25, 0.3) is 10.8 Å². The minimum absolute atomic E-state index is 0.796. The molecule has 0 aliphatic carbocycles. The van der Waals surface area contributed by atoms with Gasteiger partial charge in [-0.3, -0.25) is 0 Å². The molecule has 0 bridgehead atoms. The number of aromatic nitrogens is 1. The van der Waals surface area contributed by atoms with E-state index in [2.05, 4.69) is 22.1 Å². The first-order valence-electron chi connectivity index (χ1n) is 5.92. The number of ether oxygens (including phenoxy) is 1. The second-order valence-corrected chi connectivity index (χ2v) is 3.82. The molecule has 0 saturated heterocycles. The van der Waals surface area contributed by atoms with E-state index < -0.39 is 0 Å². The van der Waals surface area contributed by atoms with Crippen molar-refractivity contribution in [2.75, 3.05) is 19.0 Å². The minimum atomic E-state index is 0.796. The maximum absolute atomic E-state index is 5.35. The zero-order chi connectivity index (χ0) is 12.8. The Kier molecular flexibility index (Phi) is 4.03. The van der Waals surface area contributed by atoms with Crippen LogP contribution in [0.4, 0.5) is 5.82 Å². The number of nitrogens with zero attached hydrogens (tertiary/aromatic N) is 1. The third-order valence-electron chi connectivity index (χ3n) is 2.71. The zero-order valence-electron chi connectivity index (χ0n) is 10.7. The third-order valence-corrected chi connectivity index (χ3v) is 2.71. The van der Waals surface area contributed by atoms with E-state index in [0.29, 0.717) is 0 Å². The average Bonchev–Trinajstić information content (AvgIpc) is 2.43. The molecule has 1 aromatic carbocycles. The Hall–Kier alpha value is -2.21. The van der Waals surface area contributed by atoms with E-state index in [1.807, 2.05) is 31.2 Å². The lowest BCUT2D eigenvalue weighted by molar-refractivity contribution is 0.420. The van der Waals surface area contributed by atoms with Crippen LogP contribution in [0.15, 0.2) is 30.5 Å². The molecule has 0 radical (unpaired) electrons. The monoisotopic (exact) mass is 240 g/mol. The lowest BCUT2D eigenvalue weighted by Crippen LogP contribution is -2.03. The van der Waals surface area contributed by atoms with Gasteiger partial charge in [0.1, 0.15) is 11.6 Å². The summed E-state index contributed by atoms with van der Waals surface area (Å²) in [4.78, 5) is 4.37. The molecule has 3 nitrogen and oxygen atoms in total. The van der Waals surface area contributed by atoms with E-state index >= 15 is 0 Å². The maximum Gasteiger partial charge on any atom is 0.133 e. The minimum Gasteiger partial charge on any atom is -0.496 e. The lowest BCUT2D eigenvalue weighted by Gasteiger charge is -2.09. The van der Waals surface area contributed by atoms with Crippen LogP contribution in [-0.4, -0.2) is 18.6 Å². The van der Waals surface area contributed by atoms with Gasteiger partial charge in [0.2, 0.25) is 0 Å². The van der Waals surface area contributed by atoms with Gasteiger partial charge in [-0.1, -0.05) is 12.1 Å². The number of benzene rings is 1. The molecule has 0 amide bonds. The predicted molar refractivity (Wildman–Crippen MR) is 74.9 cm³/mol. The van der Waals surface area contributed by atoms with E-state index in [4.69, 9.17) is 4.74 Å². The Bertz CT molecular complexity index is 596. The highest BCUT2D eigenvalue weighted by atomic mass is 16.5. The van der Waals surface area contributed by atoms with Gasteiger partial charge < -0.3 is 10.1 Å². The molecule has 3 heteroatoms. The van der Waals surface area contributed by atoms with Gasteiger partial charge in [-0.15, -0.1) is 11.8 Å². The number of pyridine rings is 1. The van der Waals surface area contributed by atoms with Crippen LogP contribution < -0.4 is 10.1 Å². The van der Waals surface area contributed by atoms with Crippen molar-refractivity contribution in [3.05, 3.63) is 30.5 Å². The van der Waals surface area contributed by atoms with Crippen LogP contribution in [0, 0.1) is 11.8 Å². The summed E-state index contributed by atoms with van der Waals surface area (Å²) in [5.74, 6) is 7.65. The molecule has 2 rings (SSSR count). The third kappa shape index (κ3) is 2.54. The Morgan fingerprint density at radius 2 is 2.17 bits per heavy atom. The molecule has 1 heterocycles. The van der Waals surface area contributed by atoms with Crippen LogP contribution in [-0.2, 0) is 0 Å². The topological polar surface area (TPSA) is 34.2 Å². The van der Waals surface area contributed by atoms with Crippen LogP contribution in [0.3, 0.4) is 0 Å². The van der Waals surface area contributed by atoms with Crippen molar-refractivity contribution in [3.63, 3.8) is 0 Å². The van der Waals surface area contributed by atoms with Crippen LogP contribution >= 0.6 is 0 Å². The van der Waals surface area contributed by atoms with Crippen molar-refractivity contribution in [1.29, 1.82) is 0 Å². The Morgan fingerprint density at radius 1 is 1.28 bits per heavy atom. The van der Waals surface area contributed by atoms with Gasteiger partial charge in [0.15, 0.2) is 0 Å². The summed E-state index contributed by atoms with van der Waals surface area (Å²) in [7, 11) is 1.68. The fraction of sp³-hybridized carbons (Fsp3) is 0.267. The number of rotatable bonds is 4. The summed E-state index contributed by atoms with van der Waals surface area (Å²) in [6, 6.07) is 7.93. The standard InChI is InChI=1S/C15H16N2O/c1-3-4-5-10-16-15-13-7-6-8-14(18-2)12(13)9-11-17-15/h6-9,11H,5,10H2,1-2H3,(H,16,17). The van der Waals surface area contributed by atoms with E-state index in [-0.39, 0.29) is 0 Å². The average molecular weight is 240 g/mol. The van der Waals surface area contributed by atoms with Gasteiger partial charge in [0, 0.05) is 29.9 Å². The highest BCUT2D eigenvalue weighted by Gasteiger charge is 2.05. The van der Waals surface area contributed by atoms with Gasteiger partial charge in [-0.2, -0.15) is 0 Å². The largest absolute Gasteiger partial charge is 0.496 e. The molecule has 0 aliphatic heterocycles. The number of nitrogens with one attached hydrogen (secondary N) is 1. The second kappa shape index (κ2) is 5.92. The summed E-state index contributed by atoms with van der Waals surface area (Å²) in [5, 5.41) is 5.44. The second-order valence-electron chi connectivity index (χ2n) is 3.82. The summed E-state index contributed by atoms with van der Waals surface area (Å²) in [5.41, 5.74) is 0. The van der Waals surface area contributed by atoms with Gasteiger partial charge >= 0.3 is 0 Å². The molecule has 92 valence electrons. The predicted octanol–water partition coefficient (Wildman–Crippen LogP) is 3.07. The molecule has 2 aromatic rings. The van der Waals surface area contributed by atoms with E-state index in [9.17, 15) is 0 Å². The fourth-order valence-corrected chi connectivity index (χ4v) is 1.87. The Balaban J connectivity index is 2.30. The highest BCUT2D eigenvalue weighted by molar-refractivity contribution is 5.95. The fourth-order valence-electron chi connectivity index (χ4n) is 1.87. The molecule has 0 unspecified atom stereocenters. The first-order chi connectivity index (χ1) is 8.86. The van der Waals surface area contributed by atoms with Crippen LogP contribution in [0.5, 0.6) is 5.75 Å². The molecular formula is C15H16N2O. The van der Waals surface area contributed by atoms with E-state index in [1.165, 1.54) is 0 Å². The SMILES string of the molecule is CC#CCCNc1nccc2c(OC)cccc12. The molecule has 18 heavy (non-hydrogen) atoms. The van der Waals surface area contributed by atoms with Gasteiger partial charge in [-0.05, 0) is 19.1 Å². The Morgan fingerprint density at radius 3 is 2.94 bits per heavy atom. The maximum atomic E-state index is 5.35. The highest BCUT2D eigenvalue weighted by Crippen LogP contribution is 2.28. The molecule has 0 atom stereocenters. The molecule has 1 N–H and O–H groups in total. The molecule has 0 saturated carbocycles. The molecular weight excluding hydrogens is 224 g/mol. The summed E-state index contributed by atoms with van der Waals surface area (Å²) >= 11 is 0. The van der Waals surface area contributed by atoms with E-state index in [0.717, 1.165) is 35.3 Å². The normalized spacial score (nSPS) is 9.67. The summed E-state index contributed by atoms with van der Waals surface area (Å²) < 4.78 is 5.35. The lowest BCUT2D eigenvalue weighted by atomic mass is 10.1. The van der Waals surface area contributed by atoms with Gasteiger partial charge in [0.05, 0.1) is 7.11 Å². The quantitative estimate of drug-likeness (QED) is 0.658. The first-order valence-corrected chi connectivity index (χ1v) is 5.92. The number of fused-ring (bicyclic) bond motifs is 1. The van der Waals surface area contributed by atoms with Gasteiger partial charge in [-0.25, -0.2) is 4.98 Å². The molecule has 0 aliphatic rings. The Labute approximate surface area is 107 Å². The number of hydrogen-bond acceptors (Lipinski definition) is 3. The number of methoxy groups -OCH3 is 1. The summed E-state index contributed by atoms with van der Waals surface area (Å²) in [6.45, 7) is 2.64. The first kappa shape index (κ1) is 12.3. The smallest absolute Gasteiger partial charge is 0.133 e. The van der Waals surface area contributed by atoms with Crippen molar-refractivity contribution >= 4 is 16.6 Å². The van der Waals surface area contributed by atoms with Crippen LogP contribution in [0.1, 0.15) is 13.3 Å². The van der Waals surface area contributed by atoms with Crippen molar-refractivity contribution in [2.24, 2.45) is 0 Å². The molecule has 0 fully saturated rings. The number of anilines is 1. The van der Waals surface area contributed by atoms with Crippen LogP contribution in [0.2, 0.25) is 0 Å².